The van der Waals surface area contributed by atoms with E-state index in [1.165, 1.54) is 19.2 Å². The lowest BCUT2D eigenvalue weighted by Gasteiger charge is -2.06. The Morgan fingerprint density at radius 2 is 1.89 bits per heavy atom. The zero-order valence-electron chi connectivity index (χ0n) is 10.0. The minimum atomic E-state index is -0.649. The first-order valence-electron chi connectivity index (χ1n) is 5.45. The number of ether oxygens (including phenoxy) is 1. The number of rotatable bonds is 5. The number of alkyl carbamates (subject to hydrolysis) is 1. The van der Waals surface area contributed by atoms with Gasteiger partial charge in [0, 0.05) is 6.54 Å². The third-order valence-electron chi connectivity index (χ3n) is 2.23. The SMILES string of the molecule is COC(=O)NCC(=O)NCCc1ccc(F)cc1. The fraction of sp³-hybridized carbons (Fsp3) is 0.333. The first-order chi connectivity index (χ1) is 8.61. The lowest BCUT2D eigenvalue weighted by atomic mass is 10.1. The van der Waals surface area contributed by atoms with Crippen molar-refractivity contribution in [2.24, 2.45) is 0 Å². The molecule has 0 spiro atoms. The summed E-state index contributed by atoms with van der Waals surface area (Å²) >= 11 is 0. The van der Waals surface area contributed by atoms with E-state index in [1.807, 2.05) is 0 Å². The van der Waals surface area contributed by atoms with E-state index in [1.54, 1.807) is 12.1 Å². The lowest BCUT2D eigenvalue weighted by molar-refractivity contribution is -0.120. The highest BCUT2D eigenvalue weighted by molar-refractivity contribution is 5.81. The zero-order valence-corrected chi connectivity index (χ0v) is 10.0. The smallest absolute Gasteiger partial charge is 0.407 e. The van der Waals surface area contributed by atoms with Gasteiger partial charge in [0.05, 0.1) is 13.7 Å². The second kappa shape index (κ2) is 7.26. The Morgan fingerprint density at radius 3 is 2.50 bits per heavy atom. The van der Waals surface area contributed by atoms with Gasteiger partial charge in [-0.05, 0) is 24.1 Å². The Morgan fingerprint density at radius 1 is 1.22 bits per heavy atom. The van der Waals surface area contributed by atoms with Crippen LogP contribution in [0.25, 0.3) is 0 Å². The van der Waals surface area contributed by atoms with Gasteiger partial charge >= 0.3 is 6.09 Å². The van der Waals surface area contributed by atoms with Crippen molar-refractivity contribution in [3.05, 3.63) is 35.6 Å². The molecule has 2 amide bonds. The molecule has 0 aromatic heterocycles. The predicted molar refractivity (Wildman–Crippen MR) is 63.5 cm³/mol. The fourth-order valence-corrected chi connectivity index (χ4v) is 1.28. The quantitative estimate of drug-likeness (QED) is 0.818. The third-order valence-corrected chi connectivity index (χ3v) is 2.23. The van der Waals surface area contributed by atoms with E-state index in [2.05, 4.69) is 15.4 Å². The second-order valence-corrected chi connectivity index (χ2v) is 3.57. The molecule has 0 aliphatic carbocycles. The molecular formula is C12H15FN2O3. The van der Waals surface area contributed by atoms with Crippen LogP contribution in [0, 0.1) is 5.82 Å². The molecule has 1 aromatic rings. The molecule has 0 fully saturated rings. The summed E-state index contributed by atoms with van der Waals surface area (Å²) in [6, 6.07) is 6.06. The molecule has 5 nitrogen and oxygen atoms in total. The van der Waals surface area contributed by atoms with E-state index in [0.29, 0.717) is 13.0 Å². The Hall–Kier alpha value is -2.11. The van der Waals surface area contributed by atoms with Gasteiger partial charge in [0.1, 0.15) is 5.82 Å². The van der Waals surface area contributed by atoms with Crippen molar-refractivity contribution < 1.29 is 18.7 Å². The van der Waals surface area contributed by atoms with Crippen molar-refractivity contribution in [2.75, 3.05) is 20.2 Å². The Bertz CT molecular complexity index is 406. The highest BCUT2D eigenvalue weighted by atomic mass is 19.1. The van der Waals surface area contributed by atoms with Crippen molar-refractivity contribution in [1.82, 2.24) is 10.6 Å². The van der Waals surface area contributed by atoms with Crippen molar-refractivity contribution in [3.63, 3.8) is 0 Å². The average molecular weight is 254 g/mol. The van der Waals surface area contributed by atoms with Crippen LogP contribution in [-0.4, -0.2) is 32.2 Å². The van der Waals surface area contributed by atoms with Crippen LogP contribution in [0.3, 0.4) is 0 Å². The molecule has 0 saturated carbocycles. The number of carbonyl (C=O) groups excluding carboxylic acids is 2. The largest absolute Gasteiger partial charge is 0.453 e. The normalized spacial score (nSPS) is 9.67. The molecule has 0 aliphatic heterocycles. The van der Waals surface area contributed by atoms with Crippen molar-refractivity contribution >= 4 is 12.0 Å². The van der Waals surface area contributed by atoms with Crippen LogP contribution in [0.5, 0.6) is 0 Å². The van der Waals surface area contributed by atoms with Gasteiger partial charge in [-0.1, -0.05) is 12.1 Å². The molecule has 0 aliphatic rings. The molecule has 98 valence electrons. The molecule has 18 heavy (non-hydrogen) atoms. The molecule has 2 N–H and O–H groups in total. The van der Waals surface area contributed by atoms with Crippen LogP contribution < -0.4 is 10.6 Å². The van der Waals surface area contributed by atoms with Gasteiger partial charge < -0.3 is 15.4 Å². The Kier molecular flexibility index (Phi) is 5.63. The summed E-state index contributed by atoms with van der Waals surface area (Å²) in [5, 5.41) is 4.89. The summed E-state index contributed by atoms with van der Waals surface area (Å²) in [4.78, 5) is 22.0. The maximum Gasteiger partial charge on any atom is 0.407 e. The number of halogens is 1. The maximum atomic E-state index is 12.6. The summed E-state index contributed by atoms with van der Waals surface area (Å²) in [6.07, 6.45) is -0.0479. The maximum absolute atomic E-state index is 12.6. The molecule has 0 atom stereocenters. The molecular weight excluding hydrogens is 239 g/mol. The average Bonchev–Trinajstić information content (AvgIpc) is 2.38. The fourth-order valence-electron chi connectivity index (χ4n) is 1.28. The monoisotopic (exact) mass is 254 g/mol. The van der Waals surface area contributed by atoms with Crippen LogP contribution >= 0.6 is 0 Å². The van der Waals surface area contributed by atoms with Gasteiger partial charge in [-0.15, -0.1) is 0 Å². The number of hydrogen-bond donors (Lipinski definition) is 2. The standard InChI is InChI=1S/C12H15FN2O3/c1-18-12(17)15-8-11(16)14-7-6-9-2-4-10(13)5-3-9/h2-5H,6-8H2,1H3,(H,14,16)(H,15,17). The van der Waals surface area contributed by atoms with E-state index in [9.17, 15) is 14.0 Å². The highest BCUT2D eigenvalue weighted by Gasteiger charge is 2.04. The minimum Gasteiger partial charge on any atom is -0.453 e. The summed E-state index contributed by atoms with van der Waals surface area (Å²) < 4.78 is 16.9. The molecule has 0 radical (unpaired) electrons. The van der Waals surface area contributed by atoms with Crippen LogP contribution in [0.2, 0.25) is 0 Å². The summed E-state index contributed by atoms with van der Waals surface area (Å²) in [7, 11) is 1.22. The number of hydrogen-bond acceptors (Lipinski definition) is 3. The zero-order chi connectivity index (χ0) is 13.4. The molecule has 0 saturated heterocycles. The van der Waals surface area contributed by atoms with Crippen LogP contribution in [0.15, 0.2) is 24.3 Å². The number of carbonyl (C=O) groups is 2. The molecule has 1 rings (SSSR count). The number of benzene rings is 1. The third kappa shape index (κ3) is 5.29. The van der Waals surface area contributed by atoms with Gasteiger partial charge in [-0.3, -0.25) is 4.79 Å². The molecule has 0 heterocycles. The van der Waals surface area contributed by atoms with E-state index >= 15 is 0 Å². The topological polar surface area (TPSA) is 67.4 Å². The van der Waals surface area contributed by atoms with Crippen LogP contribution in [0.1, 0.15) is 5.56 Å². The number of amides is 2. The van der Waals surface area contributed by atoms with Crippen molar-refractivity contribution in [2.45, 2.75) is 6.42 Å². The molecule has 6 heteroatoms. The van der Waals surface area contributed by atoms with Gasteiger partial charge in [-0.25, -0.2) is 9.18 Å². The Labute approximate surface area is 104 Å². The van der Waals surface area contributed by atoms with Crippen LogP contribution in [0.4, 0.5) is 9.18 Å². The predicted octanol–water partition coefficient (Wildman–Crippen LogP) is 0.840. The molecule has 0 unspecified atom stereocenters. The minimum absolute atomic E-state index is 0.129. The van der Waals surface area contributed by atoms with Gasteiger partial charge in [0.15, 0.2) is 0 Å². The number of methoxy groups -OCH3 is 1. The van der Waals surface area contributed by atoms with Gasteiger partial charge in [-0.2, -0.15) is 0 Å². The molecule has 0 bridgehead atoms. The number of nitrogens with one attached hydrogen (secondary N) is 2. The van der Waals surface area contributed by atoms with E-state index in [0.717, 1.165) is 5.56 Å². The van der Waals surface area contributed by atoms with Gasteiger partial charge in [0.2, 0.25) is 5.91 Å². The summed E-state index contributed by atoms with van der Waals surface area (Å²) in [6.45, 7) is 0.295. The first kappa shape index (κ1) is 14.0. The van der Waals surface area contributed by atoms with Gasteiger partial charge in [0.25, 0.3) is 0 Å². The van der Waals surface area contributed by atoms with E-state index in [-0.39, 0.29) is 18.3 Å². The van der Waals surface area contributed by atoms with Crippen LogP contribution in [-0.2, 0) is 16.0 Å². The molecule has 1 aromatic carbocycles. The summed E-state index contributed by atoms with van der Waals surface area (Å²) in [5.74, 6) is -0.590. The summed E-state index contributed by atoms with van der Waals surface area (Å²) in [5.41, 5.74) is 0.928. The van der Waals surface area contributed by atoms with E-state index < -0.39 is 6.09 Å². The van der Waals surface area contributed by atoms with Crippen molar-refractivity contribution in [1.29, 1.82) is 0 Å². The van der Waals surface area contributed by atoms with Crippen molar-refractivity contribution in [3.8, 4) is 0 Å². The Balaban J connectivity index is 2.19. The van der Waals surface area contributed by atoms with E-state index in [4.69, 9.17) is 0 Å². The second-order valence-electron chi connectivity index (χ2n) is 3.57. The lowest BCUT2D eigenvalue weighted by Crippen LogP contribution is -2.37. The highest BCUT2D eigenvalue weighted by Crippen LogP contribution is 2.02. The first-order valence-corrected chi connectivity index (χ1v) is 5.45.